The lowest BCUT2D eigenvalue weighted by atomic mass is 10.0. The second-order valence-corrected chi connectivity index (χ2v) is 6.41. The zero-order valence-electron chi connectivity index (χ0n) is 14.8. The number of nitrogens with zero attached hydrogens (tertiary/aromatic N) is 5. The number of hydrogen-bond donors (Lipinski definition) is 0. The maximum Gasteiger partial charge on any atom is 0.276 e. The third kappa shape index (κ3) is 3.21. The Labute approximate surface area is 142 Å². The van der Waals surface area contributed by atoms with E-state index in [2.05, 4.69) is 21.9 Å². The van der Waals surface area contributed by atoms with Crippen molar-refractivity contribution in [3.8, 4) is 11.5 Å². The van der Waals surface area contributed by atoms with Gasteiger partial charge in [0, 0.05) is 39.4 Å². The first-order valence-electron chi connectivity index (χ1n) is 8.45. The molecule has 7 nitrogen and oxygen atoms in total. The summed E-state index contributed by atoms with van der Waals surface area (Å²) < 4.78 is 7.37. The lowest BCUT2D eigenvalue weighted by Crippen LogP contribution is -2.45. The van der Waals surface area contributed by atoms with Gasteiger partial charge in [-0.15, -0.1) is 0 Å². The van der Waals surface area contributed by atoms with Gasteiger partial charge in [-0.05, 0) is 26.3 Å². The van der Waals surface area contributed by atoms with Crippen LogP contribution in [0.1, 0.15) is 36.0 Å². The van der Waals surface area contributed by atoms with E-state index >= 15 is 0 Å². The van der Waals surface area contributed by atoms with E-state index in [0.717, 1.165) is 38.0 Å². The number of hydrogen-bond acceptors (Lipinski definition) is 5. The first-order valence-corrected chi connectivity index (χ1v) is 8.45. The van der Waals surface area contributed by atoms with Crippen molar-refractivity contribution in [3.63, 3.8) is 0 Å². The summed E-state index contributed by atoms with van der Waals surface area (Å²) in [5.41, 5.74) is 1.17. The van der Waals surface area contributed by atoms with Crippen LogP contribution in [0.25, 0.3) is 11.5 Å². The van der Waals surface area contributed by atoms with Crippen molar-refractivity contribution in [2.75, 3.05) is 26.7 Å². The smallest absolute Gasteiger partial charge is 0.276 e. The normalized spacial score (nSPS) is 16.5. The van der Waals surface area contributed by atoms with E-state index in [-0.39, 0.29) is 11.9 Å². The van der Waals surface area contributed by atoms with Crippen LogP contribution < -0.4 is 0 Å². The quantitative estimate of drug-likeness (QED) is 0.856. The van der Waals surface area contributed by atoms with Crippen LogP contribution in [0, 0.1) is 6.92 Å². The van der Waals surface area contributed by atoms with Gasteiger partial charge in [-0.3, -0.25) is 9.48 Å². The van der Waals surface area contributed by atoms with Crippen molar-refractivity contribution in [1.82, 2.24) is 24.6 Å². The van der Waals surface area contributed by atoms with Gasteiger partial charge in [-0.25, -0.2) is 4.98 Å². The first kappa shape index (κ1) is 16.7. The van der Waals surface area contributed by atoms with Gasteiger partial charge in [0.15, 0.2) is 5.69 Å². The van der Waals surface area contributed by atoms with Crippen LogP contribution in [0.3, 0.4) is 0 Å². The number of aromatic nitrogens is 3. The predicted octanol–water partition coefficient (Wildman–Crippen LogP) is 1.94. The second kappa shape index (κ2) is 6.76. The van der Waals surface area contributed by atoms with Gasteiger partial charge in [-0.2, -0.15) is 5.10 Å². The van der Waals surface area contributed by atoms with Gasteiger partial charge in [0.2, 0.25) is 5.89 Å². The van der Waals surface area contributed by atoms with Crippen molar-refractivity contribution < 1.29 is 9.21 Å². The molecule has 0 spiro atoms. The molecular formula is C17H25N5O2. The molecule has 130 valence electrons. The van der Waals surface area contributed by atoms with E-state index in [0.29, 0.717) is 17.3 Å². The third-order valence-corrected chi connectivity index (χ3v) is 4.82. The fourth-order valence-electron chi connectivity index (χ4n) is 3.21. The molecule has 2 aromatic rings. The summed E-state index contributed by atoms with van der Waals surface area (Å²) in [6, 6.07) is 0.262. The number of piperidine rings is 1. The average Bonchev–Trinajstić information content (AvgIpc) is 3.19. The summed E-state index contributed by atoms with van der Waals surface area (Å²) in [7, 11) is 3.70. The van der Waals surface area contributed by atoms with Gasteiger partial charge < -0.3 is 14.2 Å². The largest absolute Gasteiger partial charge is 0.440 e. The molecule has 0 saturated carbocycles. The lowest BCUT2D eigenvalue weighted by molar-refractivity contribution is 0.0640. The zero-order valence-corrected chi connectivity index (χ0v) is 14.8. The fraction of sp³-hybridized carbons (Fsp3) is 0.588. The molecule has 3 rings (SSSR count). The monoisotopic (exact) mass is 331 g/mol. The van der Waals surface area contributed by atoms with Crippen molar-refractivity contribution in [3.05, 3.63) is 23.8 Å². The first-order chi connectivity index (χ1) is 11.5. The lowest BCUT2D eigenvalue weighted by Gasteiger charge is -2.36. The van der Waals surface area contributed by atoms with Crippen molar-refractivity contribution >= 4 is 5.91 Å². The molecule has 2 aromatic heterocycles. The number of oxazole rings is 1. The molecule has 0 bridgehead atoms. The predicted molar refractivity (Wildman–Crippen MR) is 90.7 cm³/mol. The molecule has 0 N–H and O–H groups in total. The van der Waals surface area contributed by atoms with Crippen LogP contribution in [0.2, 0.25) is 0 Å². The Hall–Kier alpha value is -2.15. The summed E-state index contributed by atoms with van der Waals surface area (Å²) in [5.74, 6) is 0.927. The van der Waals surface area contributed by atoms with Crippen LogP contribution in [0.15, 0.2) is 16.8 Å². The molecule has 1 amide bonds. The number of carbonyl (C=O) groups excluding carboxylic acids is 1. The molecule has 0 aliphatic carbocycles. The van der Waals surface area contributed by atoms with Crippen molar-refractivity contribution in [2.45, 2.75) is 32.7 Å². The Morgan fingerprint density at radius 2 is 2.12 bits per heavy atom. The minimum absolute atomic E-state index is 0.0682. The number of rotatable bonds is 4. The van der Waals surface area contributed by atoms with Gasteiger partial charge in [0.25, 0.3) is 5.91 Å². The van der Waals surface area contributed by atoms with Crippen molar-refractivity contribution in [2.24, 2.45) is 7.05 Å². The van der Waals surface area contributed by atoms with Gasteiger partial charge in [0.05, 0.1) is 11.8 Å². The van der Waals surface area contributed by atoms with E-state index in [9.17, 15) is 4.79 Å². The average molecular weight is 331 g/mol. The Balaban J connectivity index is 1.74. The fourth-order valence-corrected chi connectivity index (χ4v) is 3.21. The highest BCUT2D eigenvalue weighted by Gasteiger charge is 2.28. The molecule has 3 heterocycles. The van der Waals surface area contributed by atoms with E-state index in [1.165, 1.54) is 0 Å². The topological polar surface area (TPSA) is 67.4 Å². The maximum atomic E-state index is 12.8. The summed E-state index contributed by atoms with van der Waals surface area (Å²) in [4.78, 5) is 21.5. The van der Waals surface area contributed by atoms with E-state index in [1.54, 1.807) is 17.8 Å². The highest BCUT2D eigenvalue weighted by Crippen LogP contribution is 2.23. The molecule has 0 aromatic carbocycles. The van der Waals surface area contributed by atoms with Gasteiger partial charge in [-0.1, -0.05) is 6.92 Å². The van der Waals surface area contributed by atoms with Crippen LogP contribution in [-0.4, -0.2) is 63.2 Å². The highest BCUT2D eigenvalue weighted by atomic mass is 16.4. The van der Waals surface area contributed by atoms with Gasteiger partial charge >= 0.3 is 0 Å². The molecule has 1 aliphatic heterocycles. The summed E-state index contributed by atoms with van der Waals surface area (Å²) in [6.45, 7) is 7.11. The van der Waals surface area contributed by atoms with Crippen molar-refractivity contribution in [1.29, 1.82) is 0 Å². The molecule has 0 unspecified atom stereocenters. The zero-order chi connectivity index (χ0) is 17.3. The summed E-state index contributed by atoms with van der Waals surface area (Å²) in [6.07, 6.45) is 5.51. The maximum absolute atomic E-state index is 12.8. The number of aryl methyl sites for hydroxylation is 2. The Morgan fingerprint density at radius 1 is 1.42 bits per heavy atom. The molecule has 1 aliphatic rings. The molecular weight excluding hydrogens is 306 g/mol. The SMILES string of the molecule is CCN1CCC(N(C)C(=O)c2nc(-c3cnn(C)c3)oc2C)CC1. The molecule has 0 atom stereocenters. The number of carbonyl (C=O) groups is 1. The minimum atomic E-state index is -0.0682. The van der Waals surface area contributed by atoms with Crippen LogP contribution in [0.4, 0.5) is 0 Å². The highest BCUT2D eigenvalue weighted by molar-refractivity contribution is 5.93. The number of amides is 1. The third-order valence-electron chi connectivity index (χ3n) is 4.82. The second-order valence-electron chi connectivity index (χ2n) is 6.41. The molecule has 7 heteroatoms. The standard InChI is InChI=1S/C17H25N5O2/c1-5-22-8-6-14(7-9-22)21(4)17(23)15-12(2)24-16(19-15)13-10-18-20(3)11-13/h10-11,14H,5-9H2,1-4H3. The number of likely N-dealkylation sites (tertiary alicyclic amines) is 1. The van der Waals surface area contributed by atoms with E-state index in [1.807, 2.05) is 25.2 Å². The molecule has 24 heavy (non-hydrogen) atoms. The summed E-state index contributed by atoms with van der Waals surface area (Å²) in [5, 5.41) is 4.12. The summed E-state index contributed by atoms with van der Waals surface area (Å²) >= 11 is 0. The molecule has 1 saturated heterocycles. The van der Waals surface area contributed by atoms with Crippen LogP contribution >= 0.6 is 0 Å². The Kier molecular flexibility index (Phi) is 4.71. The van der Waals surface area contributed by atoms with Crippen LogP contribution in [-0.2, 0) is 7.05 Å². The van der Waals surface area contributed by atoms with E-state index < -0.39 is 0 Å². The Bertz CT molecular complexity index is 712. The van der Waals surface area contributed by atoms with E-state index in [4.69, 9.17) is 4.42 Å². The Morgan fingerprint density at radius 3 is 2.71 bits per heavy atom. The van der Waals surface area contributed by atoms with Gasteiger partial charge in [0.1, 0.15) is 5.76 Å². The van der Waals surface area contributed by atoms with Crippen LogP contribution in [0.5, 0.6) is 0 Å². The minimum Gasteiger partial charge on any atom is -0.440 e. The molecule has 0 radical (unpaired) electrons. The molecule has 1 fully saturated rings.